The zero-order valence-corrected chi connectivity index (χ0v) is 11.2. The molecule has 2 heterocycles. The van der Waals surface area contributed by atoms with E-state index in [-0.39, 0.29) is 11.2 Å². The molecule has 6 heteroatoms. The maximum atomic E-state index is 11.9. The molecule has 2 fully saturated rings. The Morgan fingerprint density at radius 3 is 2.84 bits per heavy atom. The highest BCUT2D eigenvalue weighted by Crippen LogP contribution is 2.37. The van der Waals surface area contributed by atoms with Crippen molar-refractivity contribution in [1.82, 2.24) is 0 Å². The number of halogens is 2. The van der Waals surface area contributed by atoms with Crippen LogP contribution in [-0.4, -0.2) is 35.4 Å². The van der Waals surface area contributed by atoms with Crippen LogP contribution in [0.5, 0.6) is 0 Å². The van der Waals surface area contributed by atoms with Gasteiger partial charge >= 0.3 is 5.97 Å². The summed E-state index contributed by atoms with van der Waals surface area (Å²) in [4.78, 5) is 23.8. The lowest BCUT2D eigenvalue weighted by Gasteiger charge is -2.20. The van der Waals surface area contributed by atoms with E-state index in [1.165, 1.54) is 6.07 Å². The summed E-state index contributed by atoms with van der Waals surface area (Å²) in [7, 11) is 0. The second-order valence-electron chi connectivity index (χ2n) is 4.59. The third-order valence-corrected chi connectivity index (χ3v) is 3.94. The van der Waals surface area contributed by atoms with E-state index < -0.39 is 24.3 Å². The molecule has 100 valence electrons. The first kappa shape index (κ1) is 12.9. The second kappa shape index (κ2) is 4.78. The Hall–Kier alpha value is -1.10. The van der Waals surface area contributed by atoms with Crippen molar-refractivity contribution in [2.24, 2.45) is 0 Å². The predicted molar refractivity (Wildman–Crippen MR) is 68.6 cm³/mol. The Bertz CT molecular complexity index is 545. The fourth-order valence-corrected chi connectivity index (χ4v) is 2.94. The molecule has 0 aromatic heterocycles. The third kappa shape index (κ3) is 2.24. The van der Waals surface area contributed by atoms with E-state index >= 15 is 0 Å². The first-order chi connectivity index (χ1) is 9.06. The standard InChI is InChI=1S/C13H10Cl2O4/c14-7-3-1-2-6(4-7)13(17)19-12-9-5-8(15)11(18-9)10(12)16/h1-4,8-9,11-12H,5H2/t8-,9-,11+,12-/m0/s1. The molecule has 4 atom stereocenters. The monoisotopic (exact) mass is 300 g/mol. The lowest BCUT2D eigenvalue weighted by Crippen LogP contribution is -2.41. The van der Waals surface area contributed by atoms with Crippen LogP contribution in [-0.2, 0) is 14.3 Å². The average molecular weight is 301 g/mol. The quantitative estimate of drug-likeness (QED) is 0.621. The SMILES string of the molecule is O=C(O[C@@H]1C(=O)[C@@H]2O[C@H]1C[C@@H]2Cl)c1cccc(Cl)c1. The maximum Gasteiger partial charge on any atom is 0.338 e. The molecule has 3 rings (SSSR count). The minimum absolute atomic E-state index is 0.258. The molecule has 1 aromatic rings. The minimum atomic E-state index is -0.855. The van der Waals surface area contributed by atoms with Crippen LogP contribution in [0, 0.1) is 0 Å². The lowest BCUT2D eigenvalue weighted by molar-refractivity contribution is -0.128. The number of ether oxygens (including phenoxy) is 2. The fourth-order valence-electron chi connectivity index (χ4n) is 2.39. The third-order valence-electron chi connectivity index (χ3n) is 3.30. The number of carbonyl (C=O) groups excluding carboxylic acids is 2. The molecule has 0 aliphatic carbocycles. The predicted octanol–water partition coefficient (Wildman–Crippen LogP) is 2.21. The zero-order valence-electron chi connectivity index (χ0n) is 9.71. The molecule has 0 saturated carbocycles. The molecular formula is C13H10Cl2O4. The van der Waals surface area contributed by atoms with Gasteiger partial charge in [0, 0.05) is 5.02 Å². The lowest BCUT2D eigenvalue weighted by atomic mass is 9.96. The summed E-state index contributed by atoms with van der Waals surface area (Å²) in [5.74, 6) is -0.838. The summed E-state index contributed by atoms with van der Waals surface area (Å²) in [5.41, 5.74) is 0.311. The van der Waals surface area contributed by atoms with Crippen molar-refractivity contribution >= 4 is 35.0 Å². The number of benzene rings is 1. The fraction of sp³-hybridized carbons (Fsp3) is 0.385. The molecule has 0 N–H and O–H groups in total. The first-order valence-electron chi connectivity index (χ1n) is 5.86. The van der Waals surface area contributed by atoms with Gasteiger partial charge in [-0.05, 0) is 24.6 Å². The van der Waals surface area contributed by atoms with Crippen molar-refractivity contribution in [2.45, 2.75) is 30.1 Å². The van der Waals surface area contributed by atoms with Gasteiger partial charge in [-0.15, -0.1) is 11.6 Å². The van der Waals surface area contributed by atoms with Crippen LogP contribution in [0.15, 0.2) is 24.3 Å². The highest BCUT2D eigenvalue weighted by molar-refractivity contribution is 6.30. The van der Waals surface area contributed by atoms with Crippen LogP contribution >= 0.6 is 23.2 Å². The number of carbonyl (C=O) groups is 2. The van der Waals surface area contributed by atoms with Crippen molar-refractivity contribution in [2.75, 3.05) is 0 Å². The summed E-state index contributed by atoms with van der Waals surface area (Å²) in [6.07, 6.45) is -1.41. The Morgan fingerprint density at radius 2 is 2.21 bits per heavy atom. The van der Waals surface area contributed by atoms with E-state index in [0.29, 0.717) is 17.0 Å². The smallest absolute Gasteiger partial charge is 0.338 e. The molecule has 0 amide bonds. The van der Waals surface area contributed by atoms with Gasteiger partial charge < -0.3 is 9.47 Å². The topological polar surface area (TPSA) is 52.6 Å². The molecule has 0 unspecified atom stereocenters. The van der Waals surface area contributed by atoms with Crippen LogP contribution < -0.4 is 0 Å². The van der Waals surface area contributed by atoms with Gasteiger partial charge in [-0.2, -0.15) is 0 Å². The van der Waals surface area contributed by atoms with Gasteiger partial charge in [-0.3, -0.25) is 4.79 Å². The largest absolute Gasteiger partial charge is 0.448 e. The number of Topliss-reactive ketones (excluding diaryl/α,β-unsaturated/α-hetero) is 1. The molecule has 4 nitrogen and oxygen atoms in total. The second-order valence-corrected chi connectivity index (χ2v) is 5.58. The van der Waals surface area contributed by atoms with E-state index in [1.807, 2.05) is 0 Å². The molecule has 2 bridgehead atoms. The van der Waals surface area contributed by atoms with E-state index in [9.17, 15) is 9.59 Å². The number of hydrogen-bond acceptors (Lipinski definition) is 4. The molecule has 2 saturated heterocycles. The number of rotatable bonds is 2. The molecule has 1 aromatic carbocycles. The van der Waals surface area contributed by atoms with Gasteiger partial charge in [-0.1, -0.05) is 17.7 Å². The molecule has 0 radical (unpaired) electrons. The van der Waals surface area contributed by atoms with E-state index in [1.54, 1.807) is 18.2 Å². The van der Waals surface area contributed by atoms with E-state index in [0.717, 1.165) is 0 Å². The number of fused-ring (bicyclic) bond motifs is 2. The van der Waals surface area contributed by atoms with Crippen LogP contribution in [0.3, 0.4) is 0 Å². The summed E-state index contributed by atoms with van der Waals surface area (Å²) >= 11 is 11.7. The van der Waals surface area contributed by atoms with Crippen LogP contribution in [0.4, 0.5) is 0 Å². The highest BCUT2D eigenvalue weighted by Gasteiger charge is 2.55. The Balaban J connectivity index is 1.73. The van der Waals surface area contributed by atoms with Gasteiger partial charge in [0.1, 0.15) is 12.2 Å². The Kier molecular flexibility index (Phi) is 3.25. The van der Waals surface area contributed by atoms with Crippen molar-refractivity contribution < 1.29 is 19.1 Å². The Labute approximate surface area is 119 Å². The molecule has 2 aliphatic heterocycles. The summed E-state index contributed by atoms with van der Waals surface area (Å²) in [5, 5.41) is 0.115. The molecule has 2 aliphatic rings. The number of alkyl halides is 1. The van der Waals surface area contributed by atoms with E-state index in [4.69, 9.17) is 32.7 Å². The van der Waals surface area contributed by atoms with Crippen molar-refractivity contribution in [3.8, 4) is 0 Å². The molecule has 0 spiro atoms. The van der Waals surface area contributed by atoms with Gasteiger partial charge in [0.25, 0.3) is 0 Å². The van der Waals surface area contributed by atoms with E-state index in [2.05, 4.69) is 0 Å². The zero-order chi connectivity index (χ0) is 13.6. The van der Waals surface area contributed by atoms with Gasteiger partial charge in [0.15, 0.2) is 6.10 Å². The van der Waals surface area contributed by atoms with Crippen LogP contribution in [0.25, 0.3) is 0 Å². The van der Waals surface area contributed by atoms with Crippen LogP contribution in [0.2, 0.25) is 5.02 Å². The highest BCUT2D eigenvalue weighted by atomic mass is 35.5. The van der Waals surface area contributed by atoms with Crippen molar-refractivity contribution in [3.63, 3.8) is 0 Å². The van der Waals surface area contributed by atoms with Gasteiger partial charge in [0.05, 0.1) is 10.9 Å². The molecule has 19 heavy (non-hydrogen) atoms. The first-order valence-corrected chi connectivity index (χ1v) is 6.67. The summed E-state index contributed by atoms with van der Waals surface area (Å²) < 4.78 is 10.6. The normalized spacial score (nSPS) is 32.6. The van der Waals surface area contributed by atoms with Gasteiger partial charge in [0.2, 0.25) is 5.78 Å². The number of hydrogen-bond donors (Lipinski definition) is 0. The van der Waals surface area contributed by atoms with Crippen molar-refractivity contribution in [1.29, 1.82) is 0 Å². The maximum absolute atomic E-state index is 11.9. The van der Waals surface area contributed by atoms with Crippen LogP contribution in [0.1, 0.15) is 16.8 Å². The minimum Gasteiger partial charge on any atom is -0.448 e. The number of esters is 1. The average Bonchev–Trinajstić information content (AvgIpc) is 2.88. The summed E-state index contributed by atoms with van der Waals surface area (Å²) in [6.45, 7) is 0. The Morgan fingerprint density at radius 1 is 1.42 bits per heavy atom. The molecular weight excluding hydrogens is 291 g/mol. The van der Waals surface area contributed by atoms with Crippen molar-refractivity contribution in [3.05, 3.63) is 34.9 Å². The number of ketones is 1. The van der Waals surface area contributed by atoms with Gasteiger partial charge in [-0.25, -0.2) is 4.79 Å². The summed E-state index contributed by atoms with van der Waals surface area (Å²) in [6, 6.07) is 6.37.